The molecule has 11 heavy (non-hydrogen) atoms. The van der Waals surface area contributed by atoms with Crippen molar-refractivity contribution in [3.63, 3.8) is 0 Å². The number of hydrogen-bond acceptors (Lipinski definition) is 2. The molecule has 0 bridgehead atoms. The fraction of sp³-hybridized carbons (Fsp3) is 1.00. The Bertz CT molecular complexity index is 128. The van der Waals surface area contributed by atoms with Crippen LogP contribution in [0.4, 0.5) is 0 Å². The molecule has 2 unspecified atom stereocenters. The molecule has 2 atom stereocenters. The first-order chi connectivity index (χ1) is 5.43. The van der Waals surface area contributed by atoms with Crippen molar-refractivity contribution in [1.82, 2.24) is 5.32 Å². The third-order valence-electron chi connectivity index (χ3n) is 3.25. The number of fused-ring (bicyclic) bond motifs is 1. The van der Waals surface area contributed by atoms with Crippen molar-refractivity contribution in [1.29, 1.82) is 0 Å². The normalized spacial score (nSPS) is 40.6. The third kappa shape index (κ3) is 1.42. The van der Waals surface area contributed by atoms with E-state index in [1.807, 2.05) is 0 Å². The molecule has 0 aromatic carbocycles. The van der Waals surface area contributed by atoms with E-state index in [1.54, 1.807) is 0 Å². The summed E-state index contributed by atoms with van der Waals surface area (Å²) < 4.78 is 0. The first kappa shape index (κ1) is 7.56. The smallest absolute Gasteiger partial charge is 0.0555 e. The van der Waals surface area contributed by atoms with Gasteiger partial charge in [0.1, 0.15) is 0 Å². The van der Waals surface area contributed by atoms with Crippen LogP contribution in [-0.2, 0) is 0 Å². The lowest BCUT2D eigenvalue weighted by atomic mass is 10.1. The maximum Gasteiger partial charge on any atom is 0.0555 e. The molecule has 0 spiro atoms. The third-order valence-corrected chi connectivity index (χ3v) is 3.25. The maximum absolute atomic E-state index is 8.54. The van der Waals surface area contributed by atoms with Crippen molar-refractivity contribution in [2.45, 2.75) is 19.3 Å². The van der Waals surface area contributed by atoms with Gasteiger partial charge in [-0.2, -0.15) is 0 Å². The molecule has 64 valence electrons. The average molecular weight is 155 g/mol. The highest BCUT2D eigenvalue weighted by Gasteiger charge is 2.51. The van der Waals surface area contributed by atoms with Crippen LogP contribution in [0.3, 0.4) is 0 Å². The van der Waals surface area contributed by atoms with Crippen LogP contribution in [-0.4, -0.2) is 24.8 Å². The zero-order valence-electron chi connectivity index (χ0n) is 6.92. The molecule has 2 saturated carbocycles. The molecule has 0 aromatic rings. The summed E-state index contributed by atoms with van der Waals surface area (Å²) in [6, 6.07) is 0. The molecule has 0 amide bonds. The topological polar surface area (TPSA) is 32.3 Å². The van der Waals surface area contributed by atoms with E-state index < -0.39 is 0 Å². The average Bonchev–Trinajstić information content (AvgIpc) is 2.46. The van der Waals surface area contributed by atoms with Crippen LogP contribution >= 0.6 is 0 Å². The quantitative estimate of drug-likeness (QED) is 0.583. The Kier molecular flexibility index (Phi) is 2.14. The van der Waals surface area contributed by atoms with Gasteiger partial charge in [0.2, 0.25) is 0 Å². The van der Waals surface area contributed by atoms with Gasteiger partial charge in [-0.05, 0) is 37.1 Å². The summed E-state index contributed by atoms with van der Waals surface area (Å²) >= 11 is 0. The lowest BCUT2D eigenvalue weighted by Gasteiger charge is -2.03. The predicted octanol–water partition coefficient (Wildman–Crippen LogP) is 0.614. The van der Waals surface area contributed by atoms with E-state index in [0.29, 0.717) is 0 Å². The molecule has 2 nitrogen and oxygen atoms in total. The van der Waals surface area contributed by atoms with Crippen LogP contribution in [0.25, 0.3) is 0 Å². The van der Waals surface area contributed by atoms with E-state index in [0.717, 1.165) is 30.8 Å². The monoisotopic (exact) mass is 155 g/mol. The lowest BCUT2D eigenvalue weighted by Crippen LogP contribution is -2.21. The van der Waals surface area contributed by atoms with Gasteiger partial charge in [0.15, 0.2) is 0 Å². The lowest BCUT2D eigenvalue weighted by molar-refractivity contribution is 0.290. The van der Waals surface area contributed by atoms with Gasteiger partial charge < -0.3 is 10.4 Å². The van der Waals surface area contributed by atoms with Crippen molar-refractivity contribution >= 4 is 0 Å². The number of aliphatic hydroxyl groups excluding tert-OH is 1. The molecule has 0 heterocycles. The standard InChI is InChI=1S/C9H17NO/c11-5-4-10-6-9-7-2-1-3-8(7)9/h7-11H,1-6H2. The minimum absolute atomic E-state index is 0.280. The van der Waals surface area contributed by atoms with Crippen molar-refractivity contribution in [2.75, 3.05) is 19.7 Å². The second kappa shape index (κ2) is 3.11. The molecule has 2 fully saturated rings. The van der Waals surface area contributed by atoms with Gasteiger partial charge in [-0.1, -0.05) is 6.42 Å². The van der Waals surface area contributed by atoms with E-state index in [2.05, 4.69) is 5.32 Å². The molecule has 2 aliphatic rings. The minimum Gasteiger partial charge on any atom is -0.395 e. The summed E-state index contributed by atoms with van der Waals surface area (Å²) in [4.78, 5) is 0. The van der Waals surface area contributed by atoms with Crippen molar-refractivity contribution < 1.29 is 5.11 Å². The van der Waals surface area contributed by atoms with E-state index in [4.69, 9.17) is 5.11 Å². The van der Waals surface area contributed by atoms with Crippen LogP contribution in [0.5, 0.6) is 0 Å². The molecular weight excluding hydrogens is 138 g/mol. The Labute approximate surface area is 68.0 Å². The Morgan fingerprint density at radius 1 is 1.27 bits per heavy atom. The van der Waals surface area contributed by atoms with Gasteiger partial charge in [0.25, 0.3) is 0 Å². The number of rotatable bonds is 4. The Morgan fingerprint density at radius 3 is 2.64 bits per heavy atom. The summed E-state index contributed by atoms with van der Waals surface area (Å²) in [5.74, 6) is 3.08. The fourth-order valence-electron chi connectivity index (χ4n) is 2.62. The predicted molar refractivity (Wildman–Crippen MR) is 44.3 cm³/mol. The largest absolute Gasteiger partial charge is 0.395 e. The fourth-order valence-corrected chi connectivity index (χ4v) is 2.62. The molecular formula is C9H17NO. The minimum atomic E-state index is 0.280. The van der Waals surface area contributed by atoms with E-state index in [1.165, 1.54) is 19.3 Å². The molecule has 0 saturated heterocycles. The molecule has 2 aliphatic carbocycles. The highest BCUT2D eigenvalue weighted by atomic mass is 16.3. The highest BCUT2D eigenvalue weighted by molar-refractivity contribution is 5.01. The van der Waals surface area contributed by atoms with Crippen LogP contribution in [0.1, 0.15) is 19.3 Å². The molecule has 2 N–H and O–H groups in total. The summed E-state index contributed by atoms with van der Waals surface area (Å²) in [5.41, 5.74) is 0. The van der Waals surface area contributed by atoms with Crippen LogP contribution in [0.2, 0.25) is 0 Å². The van der Waals surface area contributed by atoms with E-state index >= 15 is 0 Å². The van der Waals surface area contributed by atoms with Gasteiger partial charge in [0, 0.05) is 6.54 Å². The van der Waals surface area contributed by atoms with Crippen LogP contribution in [0.15, 0.2) is 0 Å². The SMILES string of the molecule is OCCNCC1C2CCCC21. The van der Waals surface area contributed by atoms with Gasteiger partial charge in [-0.15, -0.1) is 0 Å². The number of aliphatic hydroxyl groups is 1. The molecule has 2 heteroatoms. The van der Waals surface area contributed by atoms with E-state index in [-0.39, 0.29) is 6.61 Å². The van der Waals surface area contributed by atoms with Crippen LogP contribution < -0.4 is 5.32 Å². The Morgan fingerprint density at radius 2 is 2.00 bits per heavy atom. The Balaban J connectivity index is 1.60. The molecule has 0 radical (unpaired) electrons. The van der Waals surface area contributed by atoms with Crippen molar-refractivity contribution in [3.8, 4) is 0 Å². The van der Waals surface area contributed by atoms with Crippen molar-refractivity contribution in [3.05, 3.63) is 0 Å². The van der Waals surface area contributed by atoms with Gasteiger partial charge in [-0.3, -0.25) is 0 Å². The number of hydrogen-bond donors (Lipinski definition) is 2. The molecule has 0 aliphatic heterocycles. The second-order valence-electron chi connectivity index (χ2n) is 3.85. The van der Waals surface area contributed by atoms with Gasteiger partial charge in [-0.25, -0.2) is 0 Å². The summed E-state index contributed by atoms with van der Waals surface area (Å²) in [6.07, 6.45) is 4.40. The summed E-state index contributed by atoms with van der Waals surface area (Å²) in [6.45, 7) is 2.20. The number of nitrogens with one attached hydrogen (secondary N) is 1. The second-order valence-corrected chi connectivity index (χ2v) is 3.85. The Hall–Kier alpha value is -0.0800. The summed E-state index contributed by atoms with van der Waals surface area (Å²) in [7, 11) is 0. The molecule has 2 rings (SSSR count). The van der Waals surface area contributed by atoms with Gasteiger partial charge >= 0.3 is 0 Å². The first-order valence-corrected chi connectivity index (χ1v) is 4.75. The molecule has 0 aromatic heterocycles. The van der Waals surface area contributed by atoms with Crippen molar-refractivity contribution in [2.24, 2.45) is 17.8 Å². The maximum atomic E-state index is 8.54. The highest BCUT2D eigenvalue weighted by Crippen LogP contribution is 2.56. The van der Waals surface area contributed by atoms with Crippen LogP contribution in [0, 0.1) is 17.8 Å². The summed E-state index contributed by atoms with van der Waals surface area (Å²) in [5, 5.41) is 11.8. The van der Waals surface area contributed by atoms with E-state index in [9.17, 15) is 0 Å². The van der Waals surface area contributed by atoms with Gasteiger partial charge in [0.05, 0.1) is 6.61 Å². The zero-order valence-corrected chi connectivity index (χ0v) is 6.92. The zero-order chi connectivity index (χ0) is 7.68. The first-order valence-electron chi connectivity index (χ1n) is 4.75.